The lowest BCUT2D eigenvalue weighted by Crippen LogP contribution is -2.26. The van der Waals surface area contributed by atoms with Crippen LogP contribution in [0.3, 0.4) is 0 Å². The number of benzene rings is 2. The van der Waals surface area contributed by atoms with Crippen molar-refractivity contribution < 1.29 is 9.32 Å². The Labute approximate surface area is 185 Å². The molecular weight excluding hydrogens is 404 g/mol. The number of amides is 1. The van der Waals surface area contributed by atoms with Gasteiger partial charge in [-0.3, -0.25) is 9.59 Å². The topological polar surface area (TPSA) is 101 Å². The van der Waals surface area contributed by atoms with E-state index in [-0.39, 0.29) is 23.3 Å². The van der Waals surface area contributed by atoms with E-state index < -0.39 is 0 Å². The van der Waals surface area contributed by atoms with Gasteiger partial charge in [-0.25, -0.2) is 0 Å². The third-order valence-electron chi connectivity index (χ3n) is 5.46. The quantitative estimate of drug-likeness (QED) is 0.453. The van der Waals surface area contributed by atoms with Crippen molar-refractivity contribution in [1.29, 1.82) is 0 Å². The molecule has 0 saturated heterocycles. The van der Waals surface area contributed by atoms with Crippen LogP contribution in [0.15, 0.2) is 57.8 Å². The monoisotopic (exact) mass is 430 g/mol. The van der Waals surface area contributed by atoms with E-state index in [4.69, 9.17) is 4.52 Å². The van der Waals surface area contributed by atoms with Gasteiger partial charge in [0.1, 0.15) is 0 Å². The molecule has 2 N–H and O–H groups in total. The molecule has 0 aliphatic carbocycles. The summed E-state index contributed by atoms with van der Waals surface area (Å²) in [7, 11) is 0. The minimum atomic E-state index is -0.266. The molecule has 4 rings (SSSR count). The Hall–Kier alpha value is -3.74. The van der Waals surface area contributed by atoms with Crippen molar-refractivity contribution in [3.8, 4) is 11.4 Å². The molecule has 164 valence electrons. The molecule has 2 aromatic heterocycles. The Morgan fingerprint density at radius 3 is 2.62 bits per heavy atom. The number of aromatic amines is 1. The average Bonchev–Trinajstić information content (AvgIpc) is 3.22. The van der Waals surface area contributed by atoms with Gasteiger partial charge in [-0.15, -0.1) is 0 Å². The van der Waals surface area contributed by atoms with Crippen LogP contribution in [0.5, 0.6) is 0 Å². The van der Waals surface area contributed by atoms with Gasteiger partial charge in [0.05, 0.1) is 11.6 Å². The second kappa shape index (κ2) is 9.18. The average molecular weight is 431 g/mol. The molecule has 0 bridgehead atoms. The van der Waals surface area contributed by atoms with Crippen molar-refractivity contribution in [2.45, 2.75) is 46.1 Å². The Morgan fingerprint density at radius 1 is 1.09 bits per heavy atom. The highest BCUT2D eigenvalue weighted by Gasteiger charge is 2.14. The summed E-state index contributed by atoms with van der Waals surface area (Å²) in [5, 5.41) is 7.88. The van der Waals surface area contributed by atoms with E-state index in [0.29, 0.717) is 30.7 Å². The van der Waals surface area contributed by atoms with E-state index in [9.17, 15) is 9.59 Å². The molecular formula is C25H26N4O3. The van der Waals surface area contributed by atoms with Crippen LogP contribution in [0.1, 0.15) is 48.4 Å². The fraction of sp³-hybridized carbons (Fsp3) is 0.280. The second-order valence-corrected chi connectivity index (χ2v) is 8.17. The number of rotatable bonds is 7. The fourth-order valence-corrected chi connectivity index (χ4v) is 3.61. The lowest BCUT2D eigenvalue weighted by Gasteiger charge is -2.14. The summed E-state index contributed by atoms with van der Waals surface area (Å²) >= 11 is 0. The van der Waals surface area contributed by atoms with Gasteiger partial charge in [-0.05, 0) is 56.3 Å². The molecule has 0 aliphatic rings. The standard InChI is InChI=1S/C25H26N4O3/c1-15-7-10-18(11-8-15)17(3)26-22(30)5-4-6-23-28-24(29-32-23)20-14-19-13-16(2)9-12-21(19)27-25(20)31/h7-14,17H,4-6H2,1-3H3,(H,26,30)(H,27,31)/t17-/m0/s1. The number of hydrogen-bond donors (Lipinski definition) is 2. The number of aromatic nitrogens is 3. The van der Waals surface area contributed by atoms with Crippen molar-refractivity contribution >= 4 is 16.8 Å². The van der Waals surface area contributed by atoms with E-state index in [2.05, 4.69) is 20.4 Å². The SMILES string of the molecule is Cc1ccc([C@H](C)NC(=O)CCCc2nc(-c3cc4cc(C)ccc4[nH]c3=O)no2)cc1. The number of pyridine rings is 1. The van der Waals surface area contributed by atoms with E-state index in [1.807, 2.05) is 63.2 Å². The minimum absolute atomic E-state index is 0.0286. The maximum atomic E-state index is 12.4. The van der Waals surface area contributed by atoms with Gasteiger partial charge >= 0.3 is 0 Å². The predicted molar refractivity (Wildman–Crippen MR) is 123 cm³/mol. The normalized spacial score (nSPS) is 12.1. The number of fused-ring (bicyclic) bond motifs is 1. The van der Waals surface area contributed by atoms with Crippen molar-refractivity contribution in [3.05, 3.63) is 81.5 Å². The summed E-state index contributed by atoms with van der Waals surface area (Å²) < 4.78 is 5.31. The maximum absolute atomic E-state index is 12.4. The summed E-state index contributed by atoms with van der Waals surface area (Å²) in [6, 6.07) is 15.7. The van der Waals surface area contributed by atoms with Crippen molar-refractivity contribution in [2.24, 2.45) is 0 Å². The first-order valence-corrected chi connectivity index (χ1v) is 10.7. The second-order valence-electron chi connectivity index (χ2n) is 8.17. The molecule has 0 spiro atoms. The van der Waals surface area contributed by atoms with Crippen LogP contribution in [0, 0.1) is 13.8 Å². The zero-order valence-electron chi connectivity index (χ0n) is 18.4. The van der Waals surface area contributed by atoms with Gasteiger partial charge < -0.3 is 14.8 Å². The predicted octanol–water partition coefficient (Wildman–Crippen LogP) is 4.40. The Morgan fingerprint density at radius 2 is 1.84 bits per heavy atom. The molecule has 0 radical (unpaired) electrons. The highest BCUT2D eigenvalue weighted by Crippen LogP contribution is 2.19. The summed E-state index contributed by atoms with van der Waals surface area (Å²) in [5.41, 5.74) is 4.22. The van der Waals surface area contributed by atoms with Crippen LogP contribution in [0.25, 0.3) is 22.3 Å². The zero-order valence-corrected chi connectivity index (χ0v) is 18.4. The highest BCUT2D eigenvalue weighted by atomic mass is 16.5. The van der Waals surface area contributed by atoms with Crippen LogP contribution < -0.4 is 10.9 Å². The lowest BCUT2D eigenvalue weighted by molar-refractivity contribution is -0.121. The first kappa shape index (κ1) is 21.5. The summed E-state index contributed by atoms with van der Waals surface area (Å²) in [6.45, 7) is 6.00. The number of hydrogen-bond acceptors (Lipinski definition) is 5. The summed E-state index contributed by atoms with van der Waals surface area (Å²) in [4.78, 5) is 31.9. The molecule has 2 heterocycles. The molecule has 7 nitrogen and oxygen atoms in total. The van der Waals surface area contributed by atoms with Gasteiger partial charge in [-0.1, -0.05) is 46.6 Å². The summed E-state index contributed by atoms with van der Waals surface area (Å²) in [5.74, 6) is 0.629. The van der Waals surface area contributed by atoms with Crippen LogP contribution >= 0.6 is 0 Å². The van der Waals surface area contributed by atoms with E-state index in [0.717, 1.165) is 22.0 Å². The van der Waals surface area contributed by atoms with Gasteiger partial charge in [0, 0.05) is 18.4 Å². The first-order chi connectivity index (χ1) is 15.4. The molecule has 7 heteroatoms. The zero-order chi connectivity index (χ0) is 22.7. The molecule has 4 aromatic rings. The molecule has 0 fully saturated rings. The Balaban J connectivity index is 1.35. The van der Waals surface area contributed by atoms with Crippen molar-refractivity contribution in [1.82, 2.24) is 20.4 Å². The number of nitrogens with one attached hydrogen (secondary N) is 2. The van der Waals surface area contributed by atoms with Crippen LogP contribution in [-0.2, 0) is 11.2 Å². The van der Waals surface area contributed by atoms with Crippen LogP contribution in [0.4, 0.5) is 0 Å². The number of aryl methyl sites for hydroxylation is 3. The van der Waals surface area contributed by atoms with Crippen LogP contribution in [-0.4, -0.2) is 21.0 Å². The molecule has 32 heavy (non-hydrogen) atoms. The first-order valence-electron chi connectivity index (χ1n) is 10.7. The Kier molecular flexibility index (Phi) is 6.16. The molecule has 2 aromatic carbocycles. The smallest absolute Gasteiger partial charge is 0.259 e. The largest absolute Gasteiger partial charge is 0.350 e. The van der Waals surface area contributed by atoms with Gasteiger partial charge in [0.25, 0.3) is 5.56 Å². The van der Waals surface area contributed by atoms with Gasteiger partial charge in [0.15, 0.2) is 0 Å². The number of H-pyrrole nitrogens is 1. The third kappa shape index (κ3) is 4.94. The molecule has 1 atom stereocenters. The maximum Gasteiger partial charge on any atom is 0.259 e. The van der Waals surface area contributed by atoms with Crippen molar-refractivity contribution in [3.63, 3.8) is 0 Å². The van der Waals surface area contributed by atoms with Crippen LogP contribution in [0.2, 0.25) is 0 Å². The highest BCUT2D eigenvalue weighted by molar-refractivity contribution is 5.82. The van der Waals surface area contributed by atoms with Gasteiger partial charge in [-0.2, -0.15) is 4.98 Å². The van der Waals surface area contributed by atoms with Gasteiger partial charge in [0.2, 0.25) is 17.6 Å². The Bertz CT molecular complexity index is 1310. The van der Waals surface area contributed by atoms with Crippen molar-refractivity contribution in [2.75, 3.05) is 0 Å². The van der Waals surface area contributed by atoms with E-state index >= 15 is 0 Å². The molecule has 0 saturated carbocycles. The lowest BCUT2D eigenvalue weighted by atomic mass is 10.1. The number of nitrogens with zero attached hydrogens (tertiary/aromatic N) is 2. The van der Waals surface area contributed by atoms with E-state index in [1.165, 1.54) is 5.56 Å². The summed E-state index contributed by atoms with van der Waals surface area (Å²) in [6.07, 6.45) is 1.38. The minimum Gasteiger partial charge on any atom is -0.350 e. The van der Waals surface area contributed by atoms with E-state index in [1.54, 1.807) is 6.07 Å². The number of carbonyl (C=O) groups excluding carboxylic acids is 1. The fourth-order valence-electron chi connectivity index (χ4n) is 3.61. The molecule has 0 aliphatic heterocycles. The molecule has 1 amide bonds. The molecule has 0 unspecified atom stereocenters. The third-order valence-corrected chi connectivity index (χ3v) is 5.46. The number of carbonyl (C=O) groups is 1.